The third-order valence-electron chi connectivity index (χ3n) is 1.82. The van der Waals surface area contributed by atoms with E-state index in [2.05, 4.69) is 11.9 Å². The minimum absolute atomic E-state index is 0.188. The van der Waals surface area contributed by atoms with Crippen LogP contribution in [-0.4, -0.2) is 16.7 Å². The van der Waals surface area contributed by atoms with Gasteiger partial charge in [-0.3, -0.25) is 4.98 Å². The highest BCUT2D eigenvalue weighted by Gasteiger charge is 2.07. The van der Waals surface area contributed by atoms with Crippen LogP contribution in [0.5, 0.6) is 0 Å². The molecule has 0 aliphatic rings. The molecule has 0 saturated carbocycles. The number of nitrogens with zero attached hydrogens (tertiary/aromatic N) is 1. The molecule has 0 unspecified atom stereocenters. The molecule has 0 fully saturated rings. The van der Waals surface area contributed by atoms with Crippen molar-refractivity contribution in [2.45, 2.75) is 19.3 Å². The molecule has 0 bridgehead atoms. The average Bonchev–Trinajstić information content (AvgIpc) is 2.09. The van der Waals surface area contributed by atoms with Crippen LogP contribution < -0.4 is 0 Å². The fourth-order valence-electron chi connectivity index (χ4n) is 1.05. The summed E-state index contributed by atoms with van der Waals surface area (Å²) in [4.78, 5) is 4.16. The first-order valence-electron chi connectivity index (χ1n) is 3.90. The Hall–Kier alpha value is -0.890. The summed E-state index contributed by atoms with van der Waals surface area (Å²) < 4.78 is 0. The lowest BCUT2D eigenvalue weighted by Gasteiger charge is -2.09. The Morgan fingerprint density at radius 3 is 2.82 bits per heavy atom. The lowest BCUT2D eigenvalue weighted by molar-refractivity contribution is 0.260. The maximum Gasteiger partial charge on any atom is 0.0514 e. The molecule has 2 heteroatoms. The maximum absolute atomic E-state index is 8.94. The van der Waals surface area contributed by atoms with Crippen LogP contribution in [0.15, 0.2) is 24.4 Å². The van der Waals surface area contributed by atoms with Crippen LogP contribution in [0, 0.1) is 0 Å². The highest BCUT2D eigenvalue weighted by Crippen LogP contribution is 2.14. The number of rotatable bonds is 3. The molecule has 1 heterocycles. The van der Waals surface area contributed by atoms with Gasteiger partial charge >= 0.3 is 0 Å². The fraction of sp³-hybridized carbons (Fsp3) is 0.444. The third-order valence-corrected chi connectivity index (χ3v) is 1.82. The van der Waals surface area contributed by atoms with E-state index in [1.807, 2.05) is 18.2 Å². The number of aliphatic hydroxyl groups is 1. The van der Waals surface area contributed by atoms with E-state index >= 15 is 0 Å². The van der Waals surface area contributed by atoms with Crippen LogP contribution in [0.25, 0.3) is 0 Å². The monoisotopic (exact) mass is 151 g/mol. The summed E-state index contributed by atoms with van der Waals surface area (Å²) in [7, 11) is 0. The lowest BCUT2D eigenvalue weighted by Crippen LogP contribution is -2.03. The number of aromatic nitrogens is 1. The van der Waals surface area contributed by atoms with Gasteiger partial charge in [0.05, 0.1) is 6.61 Å². The van der Waals surface area contributed by atoms with Crippen LogP contribution in [-0.2, 0) is 0 Å². The van der Waals surface area contributed by atoms with Gasteiger partial charge in [-0.15, -0.1) is 0 Å². The molecule has 0 aliphatic carbocycles. The van der Waals surface area contributed by atoms with Gasteiger partial charge < -0.3 is 5.11 Å². The Kier molecular flexibility index (Phi) is 3.05. The molecular formula is C9H13NO. The second kappa shape index (κ2) is 4.09. The summed E-state index contributed by atoms with van der Waals surface area (Å²) in [6, 6.07) is 5.78. The third kappa shape index (κ3) is 2.02. The predicted octanol–water partition coefficient (Wildman–Crippen LogP) is 1.57. The SMILES string of the molecule is CC[C@@H](CO)c1ccccn1. The number of aliphatic hydroxyl groups excluding tert-OH is 1. The average molecular weight is 151 g/mol. The van der Waals surface area contributed by atoms with Crippen molar-refractivity contribution < 1.29 is 5.11 Å². The molecule has 1 aromatic heterocycles. The zero-order valence-electron chi connectivity index (χ0n) is 6.70. The zero-order chi connectivity index (χ0) is 8.10. The molecule has 11 heavy (non-hydrogen) atoms. The Labute approximate surface area is 66.9 Å². The highest BCUT2D eigenvalue weighted by atomic mass is 16.3. The molecule has 0 aromatic carbocycles. The first kappa shape index (κ1) is 8.21. The molecule has 0 aliphatic heterocycles. The molecule has 0 amide bonds. The summed E-state index contributed by atoms with van der Waals surface area (Å²) in [6.07, 6.45) is 2.70. The minimum atomic E-state index is 0.188. The largest absolute Gasteiger partial charge is 0.396 e. The van der Waals surface area contributed by atoms with Crippen molar-refractivity contribution in [3.05, 3.63) is 30.1 Å². The van der Waals surface area contributed by atoms with Crippen LogP contribution >= 0.6 is 0 Å². The van der Waals surface area contributed by atoms with Crippen molar-refractivity contribution in [1.82, 2.24) is 4.98 Å². The second-order valence-electron chi connectivity index (χ2n) is 2.54. The molecule has 0 spiro atoms. The summed E-state index contributed by atoms with van der Waals surface area (Å²) in [5.74, 6) is 0.205. The standard InChI is InChI=1S/C9H13NO/c1-2-8(7-11)9-5-3-4-6-10-9/h3-6,8,11H,2,7H2,1H3/t8-/m0/s1. The fourth-order valence-corrected chi connectivity index (χ4v) is 1.05. The van der Waals surface area contributed by atoms with E-state index in [-0.39, 0.29) is 12.5 Å². The van der Waals surface area contributed by atoms with Crippen molar-refractivity contribution in [3.63, 3.8) is 0 Å². The summed E-state index contributed by atoms with van der Waals surface area (Å²) in [6.45, 7) is 2.24. The second-order valence-corrected chi connectivity index (χ2v) is 2.54. The maximum atomic E-state index is 8.94. The predicted molar refractivity (Wildman–Crippen MR) is 44.4 cm³/mol. The first-order chi connectivity index (χ1) is 5.38. The summed E-state index contributed by atoms with van der Waals surface area (Å²) in [5.41, 5.74) is 0.984. The van der Waals surface area contributed by atoms with Gasteiger partial charge in [-0.1, -0.05) is 13.0 Å². The lowest BCUT2D eigenvalue weighted by atomic mass is 10.0. The normalized spacial score (nSPS) is 12.9. The molecule has 2 nitrogen and oxygen atoms in total. The number of pyridine rings is 1. The molecule has 0 saturated heterocycles. The van der Waals surface area contributed by atoms with Gasteiger partial charge in [-0.2, -0.15) is 0 Å². The molecule has 0 radical (unpaired) electrons. The van der Waals surface area contributed by atoms with Gasteiger partial charge in [0.1, 0.15) is 0 Å². The molecule has 1 rings (SSSR count). The molecule has 60 valence electrons. The molecule has 1 atom stereocenters. The highest BCUT2D eigenvalue weighted by molar-refractivity contribution is 5.08. The van der Waals surface area contributed by atoms with Gasteiger partial charge in [0, 0.05) is 17.8 Å². The van der Waals surface area contributed by atoms with Gasteiger partial charge in [-0.05, 0) is 18.6 Å². The van der Waals surface area contributed by atoms with E-state index in [4.69, 9.17) is 5.11 Å². The Balaban J connectivity index is 2.74. The number of hydrogen-bond donors (Lipinski definition) is 1. The zero-order valence-corrected chi connectivity index (χ0v) is 6.70. The minimum Gasteiger partial charge on any atom is -0.396 e. The molecule has 1 N–H and O–H groups in total. The Morgan fingerprint density at radius 2 is 2.36 bits per heavy atom. The van der Waals surface area contributed by atoms with Crippen LogP contribution in [0.1, 0.15) is 25.0 Å². The van der Waals surface area contributed by atoms with Crippen molar-refractivity contribution in [3.8, 4) is 0 Å². The van der Waals surface area contributed by atoms with E-state index in [0.717, 1.165) is 12.1 Å². The number of hydrogen-bond acceptors (Lipinski definition) is 2. The Bertz CT molecular complexity index is 194. The first-order valence-corrected chi connectivity index (χ1v) is 3.90. The van der Waals surface area contributed by atoms with E-state index in [0.29, 0.717) is 0 Å². The van der Waals surface area contributed by atoms with Gasteiger partial charge in [0.15, 0.2) is 0 Å². The van der Waals surface area contributed by atoms with Crippen molar-refractivity contribution in [2.75, 3.05) is 6.61 Å². The molecule has 1 aromatic rings. The molecular weight excluding hydrogens is 138 g/mol. The van der Waals surface area contributed by atoms with Gasteiger partial charge in [0.25, 0.3) is 0 Å². The van der Waals surface area contributed by atoms with E-state index in [9.17, 15) is 0 Å². The topological polar surface area (TPSA) is 33.1 Å². The van der Waals surface area contributed by atoms with Crippen molar-refractivity contribution >= 4 is 0 Å². The van der Waals surface area contributed by atoms with E-state index in [1.165, 1.54) is 0 Å². The van der Waals surface area contributed by atoms with Crippen LogP contribution in [0.4, 0.5) is 0 Å². The van der Waals surface area contributed by atoms with E-state index < -0.39 is 0 Å². The smallest absolute Gasteiger partial charge is 0.0514 e. The van der Waals surface area contributed by atoms with Crippen LogP contribution in [0.2, 0.25) is 0 Å². The van der Waals surface area contributed by atoms with Crippen molar-refractivity contribution in [1.29, 1.82) is 0 Å². The van der Waals surface area contributed by atoms with Crippen molar-refractivity contribution in [2.24, 2.45) is 0 Å². The summed E-state index contributed by atoms with van der Waals surface area (Å²) in [5, 5.41) is 8.94. The van der Waals surface area contributed by atoms with Gasteiger partial charge in [0.2, 0.25) is 0 Å². The summed E-state index contributed by atoms with van der Waals surface area (Å²) >= 11 is 0. The Morgan fingerprint density at radius 1 is 1.55 bits per heavy atom. The quantitative estimate of drug-likeness (QED) is 0.711. The van der Waals surface area contributed by atoms with Crippen LogP contribution in [0.3, 0.4) is 0 Å². The van der Waals surface area contributed by atoms with Gasteiger partial charge in [-0.25, -0.2) is 0 Å². The van der Waals surface area contributed by atoms with E-state index in [1.54, 1.807) is 6.20 Å².